The predicted molar refractivity (Wildman–Crippen MR) is 104 cm³/mol. The molecule has 0 aliphatic carbocycles. The number of fused-ring (bicyclic) bond motifs is 1. The van der Waals surface area contributed by atoms with Gasteiger partial charge in [-0.05, 0) is 25.1 Å². The van der Waals surface area contributed by atoms with Gasteiger partial charge in [0.1, 0.15) is 0 Å². The Labute approximate surface area is 155 Å². The first-order valence-corrected chi connectivity index (χ1v) is 8.65. The van der Waals surface area contributed by atoms with Crippen molar-refractivity contribution in [3.63, 3.8) is 0 Å². The van der Waals surface area contributed by atoms with E-state index in [2.05, 4.69) is 10.2 Å². The van der Waals surface area contributed by atoms with Crippen molar-refractivity contribution in [2.75, 3.05) is 11.4 Å². The molecule has 0 spiro atoms. The first-order valence-electron chi connectivity index (χ1n) is 8.65. The van der Waals surface area contributed by atoms with E-state index in [1.54, 1.807) is 29.2 Å². The Kier molecular flexibility index (Phi) is 4.08. The number of nitrogens with one attached hydrogen (secondary N) is 2. The fourth-order valence-electron chi connectivity index (χ4n) is 3.32. The Balaban J connectivity index is 1.89. The summed E-state index contributed by atoms with van der Waals surface area (Å²) in [5, 5.41) is 5.37. The number of carbonyl (C=O) groups excluding carboxylic acids is 2. The van der Waals surface area contributed by atoms with Gasteiger partial charge in [0.2, 0.25) is 5.78 Å². The third-order valence-electron chi connectivity index (χ3n) is 4.64. The minimum Gasteiger partial charge on any atom is -0.308 e. The lowest BCUT2D eigenvalue weighted by atomic mass is 9.93. The lowest BCUT2D eigenvalue weighted by Crippen LogP contribution is -2.39. The highest BCUT2D eigenvalue weighted by Gasteiger charge is 2.34. The number of anilines is 1. The van der Waals surface area contributed by atoms with Crippen molar-refractivity contribution in [3.8, 4) is 11.3 Å². The summed E-state index contributed by atoms with van der Waals surface area (Å²) in [6.07, 6.45) is 1.39. The van der Waals surface area contributed by atoms with Crippen LogP contribution in [-0.4, -0.2) is 28.4 Å². The average Bonchev–Trinajstić information content (AvgIpc) is 3.06. The van der Waals surface area contributed by atoms with Gasteiger partial charge in [-0.3, -0.25) is 24.6 Å². The highest BCUT2D eigenvalue weighted by molar-refractivity contribution is 6.36. The van der Waals surface area contributed by atoms with E-state index in [1.165, 1.54) is 6.08 Å². The second-order valence-electron chi connectivity index (χ2n) is 6.19. The summed E-state index contributed by atoms with van der Waals surface area (Å²) in [5.74, 6) is -0.777. The number of ketones is 1. The van der Waals surface area contributed by atoms with E-state index in [1.807, 2.05) is 37.3 Å². The quantitative estimate of drug-likeness (QED) is 0.557. The highest BCUT2D eigenvalue weighted by Crippen LogP contribution is 2.31. The van der Waals surface area contributed by atoms with Gasteiger partial charge in [0, 0.05) is 17.7 Å². The fourth-order valence-corrected chi connectivity index (χ4v) is 3.32. The van der Waals surface area contributed by atoms with Gasteiger partial charge in [-0.15, -0.1) is 0 Å². The Morgan fingerprint density at radius 2 is 1.63 bits per heavy atom. The van der Waals surface area contributed by atoms with Gasteiger partial charge in [-0.2, -0.15) is 0 Å². The summed E-state index contributed by atoms with van der Waals surface area (Å²) in [5.41, 5.74) is 2.23. The molecule has 27 heavy (non-hydrogen) atoms. The van der Waals surface area contributed by atoms with Crippen LogP contribution in [0.2, 0.25) is 0 Å². The molecule has 134 valence electrons. The number of hydrogen-bond donors (Lipinski definition) is 2. The number of para-hydroxylation sites is 1. The van der Waals surface area contributed by atoms with Gasteiger partial charge in [0.05, 0.1) is 22.5 Å². The van der Waals surface area contributed by atoms with Crippen molar-refractivity contribution in [2.24, 2.45) is 0 Å². The standard InChI is InChI=1S/C21H17N3O3/c1-2-24-17-11-7-6-10-14(17)19(25)16(21(24)27)12-15-18(22-23-20(15)26)13-8-4-3-5-9-13/h3-12H,2H2,1H3,(H2,22,23,26)/b16-12+. The summed E-state index contributed by atoms with van der Waals surface area (Å²) >= 11 is 0. The van der Waals surface area contributed by atoms with Gasteiger partial charge >= 0.3 is 0 Å². The van der Waals surface area contributed by atoms with Crippen LogP contribution in [0.4, 0.5) is 5.69 Å². The summed E-state index contributed by atoms with van der Waals surface area (Å²) in [6.45, 7) is 2.27. The van der Waals surface area contributed by atoms with Crippen LogP contribution in [0.25, 0.3) is 17.3 Å². The van der Waals surface area contributed by atoms with E-state index in [4.69, 9.17) is 0 Å². The van der Waals surface area contributed by atoms with Crippen LogP contribution >= 0.6 is 0 Å². The maximum absolute atomic E-state index is 12.9. The maximum Gasteiger partial charge on any atom is 0.271 e. The number of likely N-dealkylation sites (N-methyl/N-ethyl adjacent to an activating group) is 1. The molecule has 1 amide bonds. The minimum absolute atomic E-state index is 0.0159. The molecule has 1 aliphatic rings. The molecule has 1 aliphatic heterocycles. The average molecular weight is 359 g/mol. The molecule has 0 atom stereocenters. The lowest BCUT2D eigenvalue weighted by Gasteiger charge is -2.28. The van der Waals surface area contributed by atoms with Crippen molar-refractivity contribution < 1.29 is 9.59 Å². The molecule has 0 bridgehead atoms. The predicted octanol–water partition coefficient (Wildman–Crippen LogP) is 3.00. The van der Waals surface area contributed by atoms with E-state index >= 15 is 0 Å². The third-order valence-corrected chi connectivity index (χ3v) is 4.64. The molecule has 2 N–H and O–H groups in total. The molecule has 6 nitrogen and oxygen atoms in total. The Bertz CT molecular complexity index is 1120. The zero-order chi connectivity index (χ0) is 19.0. The first-order chi connectivity index (χ1) is 13.1. The highest BCUT2D eigenvalue weighted by atomic mass is 16.2. The number of rotatable bonds is 3. The summed E-state index contributed by atoms with van der Waals surface area (Å²) in [7, 11) is 0. The van der Waals surface area contributed by atoms with Crippen LogP contribution in [0, 0.1) is 0 Å². The second kappa shape index (κ2) is 6.57. The zero-order valence-corrected chi connectivity index (χ0v) is 14.7. The third kappa shape index (κ3) is 2.71. The van der Waals surface area contributed by atoms with E-state index in [9.17, 15) is 14.4 Å². The normalized spacial score (nSPS) is 15.3. The first kappa shape index (κ1) is 16.8. The Hall–Kier alpha value is -3.67. The number of aromatic nitrogens is 2. The van der Waals surface area contributed by atoms with Crippen LogP contribution in [0.1, 0.15) is 22.8 Å². The van der Waals surface area contributed by atoms with Gasteiger partial charge in [0.15, 0.2) is 0 Å². The molecule has 1 aromatic heterocycles. The number of aromatic amines is 2. The lowest BCUT2D eigenvalue weighted by molar-refractivity contribution is -0.114. The van der Waals surface area contributed by atoms with E-state index in [-0.39, 0.29) is 22.5 Å². The number of carbonyl (C=O) groups is 2. The zero-order valence-electron chi connectivity index (χ0n) is 14.7. The largest absolute Gasteiger partial charge is 0.308 e. The molecule has 0 unspecified atom stereocenters. The van der Waals surface area contributed by atoms with Crippen LogP contribution < -0.4 is 10.5 Å². The number of hydrogen-bond acceptors (Lipinski definition) is 3. The fraction of sp³-hybridized carbons (Fsp3) is 0.0952. The molecule has 3 aromatic rings. The van der Waals surface area contributed by atoms with E-state index in [0.717, 1.165) is 5.56 Å². The van der Waals surface area contributed by atoms with E-state index in [0.29, 0.717) is 23.5 Å². The molecule has 0 saturated carbocycles. The van der Waals surface area contributed by atoms with E-state index < -0.39 is 5.91 Å². The minimum atomic E-state index is -0.402. The number of benzene rings is 2. The molecule has 2 heterocycles. The summed E-state index contributed by atoms with van der Waals surface area (Å²) < 4.78 is 0. The molecule has 4 rings (SSSR count). The maximum atomic E-state index is 12.9. The van der Waals surface area contributed by atoms with Crippen molar-refractivity contribution in [1.29, 1.82) is 0 Å². The van der Waals surface area contributed by atoms with Crippen LogP contribution in [-0.2, 0) is 4.79 Å². The smallest absolute Gasteiger partial charge is 0.271 e. The molecule has 6 heteroatoms. The van der Waals surface area contributed by atoms with Crippen LogP contribution in [0.3, 0.4) is 0 Å². The van der Waals surface area contributed by atoms with Crippen molar-refractivity contribution in [3.05, 3.63) is 81.7 Å². The molecule has 2 aromatic carbocycles. The topological polar surface area (TPSA) is 86.0 Å². The Morgan fingerprint density at radius 3 is 2.37 bits per heavy atom. The molecular formula is C21H17N3O3. The molecule has 0 saturated heterocycles. The van der Waals surface area contributed by atoms with Crippen molar-refractivity contribution >= 4 is 23.5 Å². The number of H-pyrrole nitrogens is 2. The van der Waals surface area contributed by atoms with Crippen LogP contribution in [0.15, 0.2) is 65.0 Å². The summed E-state index contributed by atoms with van der Waals surface area (Å²) in [6, 6.07) is 16.3. The SMILES string of the molecule is CCN1C(=O)/C(=C/c2c(-c3ccccc3)[nH][nH]c2=O)C(=O)c2ccccc21. The number of amides is 1. The van der Waals surface area contributed by atoms with Crippen molar-refractivity contribution in [2.45, 2.75) is 6.92 Å². The summed E-state index contributed by atoms with van der Waals surface area (Å²) in [4.78, 5) is 39.7. The molecular weight excluding hydrogens is 342 g/mol. The van der Waals surface area contributed by atoms with Gasteiger partial charge in [0.25, 0.3) is 11.5 Å². The number of Topliss-reactive ketones (excluding diaryl/α,β-unsaturated/α-hetero) is 1. The van der Waals surface area contributed by atoms with Gasteiger partial charge in [-0.1, -0.05) is 42.5 Å². The van der Waals surface area contributed by atoms with Crippen LogP contribution in [0.5, 0.6) is 0 Å². The Morgan fingerprint density at radius 1 is 0.926 bits per heavy atom. The number of nitrogens with zero attached hydrogens (tertiary/aromatic N) is 1. The van der Waals surface area contributed by atoms with Gasteiger partial charge in [-0.25, -0.2) is 0 Å². The molecule has 0 fully saturated rings. The van der Waals surface area contributed by atoms with Crippen molar-refractivity contribution in [1.82, 2.24) is 10.2 Å². The second-order valence-corrected chi connectivity index (χ2v) is 6.19. The molecule has 0 radical (unpaired) electrons. The van der Waals surface area contributed by atoms with Gasteiger partial charge < -0.3 is 4.90 Å². The monoisotopic (exact) mass is 359 g/mol.